The molecule has 0 saturated heterocycles. The van der Waals surface area contributed by atoms with E-state index in [4.69, 9.17) is 5.73 Å². The summed E-state index contributed by atoms with van der Waals surface area (Å²) in [5, 5.41) is 5.29. The topological polar surface area (TPSA) is 35.9 Å². The molecule has 6 rings (SSSR count). The summed E-state index contributed by atoms with van der Waals surface area (Å²) in [5.74, 6) is 0. The van der Waals surface area contributed by atoms with Crippen LogP contribution in [0.15, 0.2) is 89.4 Å². The second-order valence-corrected chi connectivity index (χ2v) is 10.1. The highest BCUT2D eigenvalue weighted by Crippen LogP contribution is 2.33. The Balaban J connectivity index is 1.16. The zero-order valence-electron chi connectivity index (χ0n) is 19.2. The van der Waals surface area contributed by atoms with Crippen LogP contribution in [0.1, 0.15) is 25.7 Å². The van der Waals surface area contributed by atoms with Gasteiger partial charge in [0, 0.05) is 55.8 Å². The molecule has 0 unspecified atom stereocenters. The zero-order chi connectivity index (χ0) is 23.1. The van der Waals surface area contributed by atoms with Gasteiger partial charge in [-0.2, -0.15) is 0 Å². The SMILES string of the molecule is Nc1ccc2c3ccc(Br)cc3n(CCCCCCn3c4ccccc4c4ccccc43)c2c1. The molecule has 0 saturated carbocycles. The molecule has 0 bridgehead atoms. The third-order valence-corrected chi connectivity index (χ3v) is 7.54. The van der Waals surface area contributed by atoms with Gasteiger partial charge >= 0.3 is 0 Å². The molecule has 0 aliphatic carbocycles. The maximum absolute atomic E-state index is 6.14. The number of anilines is 1. The number of nitrogens with two attached hydrogens (primary N) is 1. The number of nitrogen functional groups attached to an aromatic ring is 1. The molecule has 0 amide bonds. The first-order valence-electron chi connectivity index (χ1n) is 12.1. The van der Waals surface area contributed by atoms with E-state index in [0.717, 1.165) is 29.7 Å². The fourth-order valence-corrected chi connectivity index (χ4v) is 5.81. The van der Waals surface area contributed by atoms with E-state index in [2.05, 4.69) is 104 Å². The molecule has 2 N–H and O–H groups in total. The second-order valence-electron chi connectivity index (χ2n) is 9.19. The lowest BCUT2D eigenvalue weighted by molar-refractivity contribution is 0.559. The van der Waals surface area contributed by atoms with Crippen LogP contribution in [0.2, 0.25) is 0 Å². The molecule has 2 heterocycles. The Morgan fingerprint density at radius 2 is 1.03 bits per heavy atom. The van der Waals surface area contributed by atoms with Gasteiger partial charge in [-0.3, -0.25) is 0 Å². The summed E-state index contributed by atoms with van der Waals surface area (Å²) in [6.45, 7) is 2.07. The fourth-order valence-electron chi connectivity index (χ4n) is 5.46. The highest BCUT2D eigenvalue weighted by molar-refractivity contribution is 9.10. The lowest BCUT2D eigenvalue weighted by Crippen LogP contribution is -2.00. The van der Waals surface area contributed by atoms with Crippen LogP contribution in [0.4, 0.5) is 5.69 Å². The van der Waals surface area contributed by atoms with Gasteiger partial charge in [-0.25, -0.2) is 0 Å². The van der Waals surface area contributed by atoms with Crippen molar-refractivity contribution in [3.8, 4) is 0 Å². The summed E-state index contributed by atoms with van der Waals surface area (Å²) >= 11 is 3.65. The summed E-state index contributed by atoms with van der Waals surface area (Å²) in [6.07, 6.45) is 4.79. The first-order valence-corrected chi connectivity index (χ1v) is 12.9. The molecule has 4 heteroatoms. The number of nitrogens with zero attached hydrogens (tertiary/aromatic N) is 2. The number of fused-ring (bicyclic) bond motifs is 6. The molecule has 2 aromatic heterocycles. The Morgan fingerprint density at radius 1 is 0.529 bits per heavy atom. The van der Waals surface area contributed by atoms with E-state index >= 15 is 0 Å². The molecular weight excluding hydrogens is 482 g/mol. The van der Waals surface area contributed by atoms with Gasteiger partial charge < -0.3 is 14.9 Å². The lowest BCUT2D eigenvalue weighted by Gasteiger charge is -2.10. The molecule has 34 heavy (non-hydrogen) atoms. The van der Waals surface area contributed by atoms with Crippen LogP contribution in [0.5, 0.6) is 0 Å². The number of para-hydroxylation sites is 2. The molecule has 0 atom stereocenters. The normalized spacial score (nSPS) is 11.9. The van der Waals surface area contributed by atoms with Crippen molar-refractivity contribution >= 4 is 65.2 Å². The largest absolute Gasteiger partial charge is 0.399 e. The Morgan fingerprint density at radius 3 is 1.68 bits per heavy atom. The Bertz CT molecular complexity index is 1530. The molecule has 0 spiro atoms. The van der Waals surface area contributed by atoms with Crippen molar-refractivity contribution in [2.24, 2.45) is 0 Å². The quantitative estimate of drug-likeness (QED) is 0.170. The molecule has 6 aromatic rings. The number of rotatable bonds is 7. The molecule has 0 radical (unpaired) electrons. The minimum absolute atomic E-state index is 0.821. The molecule has 0 fully saturated rings. The van der Waals surface area contributed by atoms with E-state index < -0.39 is 0 Å². The van der Waals surface area contributed by atoms with Crippen molar-refractivity contribution < 1.29 is 0 Å². The predicted octanol–water partition coefficient (Wildman–Crippen LogP) is 8.51. The van der Waals surface area contributed by atoms with E-state index in [0.29, 0.717) is 0 Å². The number of hydrogen-bond donors (Lipinski definition) is 1. The maximum Gasteiger partial charge on any atom is 0.0512 e. The van der Waals surface area contributed by atoms with E-state index in [1.807, 2.05) is 6.07 Å². The van der Waals surface area contributed by atoms with Gasteiger partial charge in [0.15, 0.2) is 0 Å². The highest BCUT2D eigenvalue weighted by Gasteiger charge is 2.12. The fraction of sp³-hybridized carbons (Fsp3) is 0.200. The number of unbranched alkanes of at least 4 members (excludes halogenated alkanes) is 3. The van der Waals surface area contributed by atoms with Crippen molar-refractivity contribution in [1.82, 2.24) is 9.13 Å². The Labute approximate surface area is 207 Å². The Kier molecular flexibility index (Phi) is 5.54. The smallest absolute Gasteiger partial charge is 0.0512 e. The second kappa shape index (κ2) is 8.84. The molecule has 170 valence electrons. The average Bonchev–Trinajstić information content (AvgIpc) is 3.33. The van der Waals surface area contributed by atoms with Crippen molar-refractivity contribution in [3.05, 3.63) is 89.4 Å². The number of hydrogen-bond acceptors (Lipinski definition) is 1. The summed E-state index contributed by atoms with van der Waals surface area (Å²) in [7, 11) is 0. The van der Waals surface area contributed by atoms with Crippen molar-refractivity contribution in [3.63, 3.8) is 0 Å². The molecule has 0 aliphatic heterocycles. The minimum atomic E-state index is 0.821. The number of benzene rings is 4. The zero-order valence-corrected chi connectivity index (χ0v) is 20.8. The average molecular weight is 510 g/mol. The van der Waals surface area contributed by atoms with Crippen molar-refractivity contribution in [2.45, 2.75) is 38.8 Å². The van der Waals surface area contributed by atoms with Gasteiger partial charge in [-0.1, -0.05) is 77.3 Å². The van der Waals surface area contributed by atoms with Crippen LogP contribution >= 0.6 is 15.9 Å². The number of aryl methyl sites for hydroxylation is 2. The van der Waals surface area contributed by atoms with E-state index in [1.54, 1.807) is 0 Å². The van der Waals surface area contributed by atoms with Crippen LogP contribution < -0.4 is 5.73 Å². The number of aromatic nitrogens is 2. The Hall–Kier alpha value is -3.24. The summed E-state index contributed by atoms with van der Waals surface area (Å²) in [4.78, 5) is 0. The van der Waals surface area contributed by atoms with Crippen LogP contribution in [-0.2, 0) is 13.1 Å². The van der Waals surface area contributed by atoms with Gasteiger partial charge in [-0.15, -0.1) is 0 Å². The minimum Gasteiger partial charge on any atom is -0.399 e. The third kappa shape index (κ3) is 3.67. The standard InChI is InChI=1S/C30H28BrN3/c31-21-13-15-25-26-16-14-22(32)20-30(26)34(29(25)19-21)18-8-2-1-7-17-33-27-11-5-3-9-23(27)24-10-4-6-12-28(24)33/h3-6,9-16,19-20H,1-2,7-8,17-18,32H2. The van der Waals surface area contributed by atoms with Crippen LogP contribution in [0.25, 0.3) is 43.6 Å². The first-order chi connectivity index (χ1) is 16.7. The van der Waals surface area contributed by atoms with Gasteiger partial charge in [0.25, 0.3) is 0 Å². The monoisotopic (exact) mass is 509 g/mol. The molecule has 0 aliphatic rings. The summed E-state index contributed by atoms with van der Waals surface area (Å²) in [6, 6.07) is 30.4. The third-order valence-electron chi connectivity index (χ3n) is 7.05. The first kappa shape index (κ1) is 21.3. The van der Waals surface area contributed by atoms with Gasteiger partial charge in [0.05, 0.1) is 11.0 Å². The van der Waals surface area contributed by atoms with Crippen molar-refractivity contribution in [1.29, 1.82) is 0 Å². The lowest BCUT2D eigenvalue weighted by atomic mass is 10.1. The highest BCUT2D eigenvalue weighted by atomic mass is 79.9. The van der Waals surface area contributed by atoms with Gasteiger partial charge in [0.1, 0.15) is 0 Å². The van der Waals surface area contributed by atoms with Gasteiger partial charge in [-0.05, 0) is 49.2 Å². The van der Waals surface area contributed by atoms with Crippen molar-refractivity contribution in [2.75, 3.05) is 5.73 Å². The predicted molar refractivity (Wildman–Crippen MR) is 149 cm³/mol. The number of halogens is 1. The van der Waals surface area contributed by atoms with Crippen LogP contribution in [0, 0.1) is 0 Å². The van der Waals surface area contributed by atoms with E-state index in [1.165, 1.54) is 62.9 Å². The maximum atomic E-state index is 6.14. The summed E-state index contributed by atoms with van der Waals surface area (Å²) in [5.41, 5.74) is 12.2. The molecule has 3 nitrogen and oxygen atoms in total. The summed E-state index contributed by atoms with van der Waals surface area (Å²) < 4.78 is 6.06. The van der Waals surface area contributed by atoms with E-state index in [-0.39, 0.29) is 0 Å². The van der Waals surface area contributed by atoms with Gasteiger partial charge in [0.2, 0.25) is 0 Å². The van der Waals surface area contributed by atoms with E-state index in [9.17, 15) is 0 Å². The molecule has 4 aromatic carbocycles. The van der Waals surface area contributed by atoms with Crippen LogP contribution in [0.3, 0.4) is 0 Å². The van der Waals surface area contributed by atoms with Crippen LogP contribution in [-0.4, -0.2) is 9.13 Å². The molecular formula is C30H28BrN3.